The molecule has 0 saturated carbocycles. The second-order valence-electron chi connectivity index (χ2n) is 6.01. The molecule has 0 radical (unpaired) electrons. The molecule has 2 rings (SSSR count). The number of hydrogen-bond donors (Lipinski definition) is 1. The lowest BCUT2D eigenvalue weighted by Gasteiger charge is -2.21. The van der Waals surface area contributed by atoms with Crippen LogP contribution in [0.1, 0.15) is 27.2 Å². The predicted octanol–water partition coefficient (Wildman–Crippen LogP) is 4.73. The molecule has 0 fully saturated rings. The molecule has 0 bridgehead atoms. The van der Waals surface area contributed by atoms with E-state index in [0.29, 0.717) is 10.7 Å². The molecule has 1 aliphatic heterocycles. The van der Waals surface area contributed by atoms with Crippen molar-refractivity contribution in [3.63, 3.8) is 0 Å². The minimum Gasteiger partial charge on any atom is -0.335 e. The van der Waals surface area contributed by atoms with Gasteiger partial charge in [-0.25, -0.2) is 0 Å². The third-order valence-corrected chi connectivity index (χ3v) is 4.71. The fourth-order valence-corrected chi connectivity index (χ4v) is 3.93. The van der Waals surface area contributed by atoms with Gasteiger partial charge in [0.1, 0.15) is 0 Å². The molecular formula is C15H22N2S2. The Morgan fingerprint density at radius 1 is 1.42 bits per heavy atom. The Bertz CT molecular complexity index is 463. The van der Waals surface area contributed by atoms with Crippen LogP contribution in [0.5, 0.6) is 0 Å². The van der Waals surface area contributed by atoms with E-state index < -0.39 is 0 Å². The number of amidine groups is 1. The van der Waals surface area contributed by atoms with Gasteiger partial charge in [-0.15, -0.1) is 11.8 Å². The number of benzene rings is 1. The topological polar surface area (TPSA) is 24.4 Å². The fourth-order valence-electron chi connectivity index (χ4n) is 2.10. The van der Waals surface area contributed by atoms with Crippen LogP contribution < -0.4 is 5.32 Å². The minimum atomic E-state index is 0.376. The van der Waals surface area contributed by atoms with E-state index >= 15 is 0 Å². The van der Waals surface area contributed by atoms with Gasteiger partial charge in [-0.05, 0) is 36.3 Å². The van der Waals surface area contributed by atoms with Crippen molar-refractivity contribution < 1.29 is 0 Å². The van der Waals surface area contributed by atoms with Crippen molar-refractivity contribution in [2.75, 3.05) is 18.1 Å². The highest BCUT2D eigenvalue weighted by molar-refractivity contribution is 8.15. The maximum atomic E-state index is 4.61. The highest BCUT2D eigenvalue weighted by atomic mass is 32.2. The molecule has 4 heteroatoms. The zero-order valence-corrected chi connectivity index (χ0v) is 13.7. The van der Waals surface area contributed by atoms with Crippen molar-refractivity contribution in [3.8, 4) is 0 Å². The lowest BCUT2D eigenvalue weighted by molar-refractivity contribution is 0.375. The molecular weight excluding hydrogens is 272 g/mol. The SMILES string of the molecule is CSc1cccc(NC2=NCC(CC(C)(C)C)S2)c1. The Hall–Kier alpha value is -0.610. The summed E-state index contributed by atoms with van der Waals surface area (Å²) in [5.74, 6) is 0. The Morgan fingerprint density at radius 3 is 2.89 bits per heavy atom. The van der Waals surface area contributed by atoms with E-state index in [2.05, 4.69) is 61.6 Å². The van der Waals surface area contributed by atoms with E-state index in [9.17, 15) is 0 Å². The number of anilines is 1. The highest BCUT2D eigenvalue weighted by Gasteiger charge is 2.24. The third kappa shape index (κ3) is 4.77. The van der Waals surface area contributed by atoms with Crippen LogP contribution >= 0.6 is 23.5 Å². The van der Waals surface area contributed by atoms with Crippen LogP contribution in [0.25, 0.3) is 0 Å². The Labute approximate surface area is 124 Å². The van der Waals surface area contributed by atoms with Crippen molar-refractivity contribution in [1.29, 1.82) is 0 Å². The Balaban J connectivity index is 1.91. The maximum absolute atomic E-state index is 4.61. The van der Waals surface area contributed by atoms with E-state index in [-0.39, 0.29) is 0 Å². The second-order valence-corrected chi connectivity index (χ2v) is 8.18. The Kier molecular flexibility index (Phi) is 4.85. The van der Waals surface area contributed by atoms with Crippen molar-refractivity contribution >= 4 is 34.4 Å². The standard InChI is InChI=1S/C15H22N2S2/c1-15(2,3)9-13-10-16-14(19-13)17-11-6-5-7-12(8-11)18-4/h5-8,13H,9-10H2,1-4H3,(H,16,17). The van der Waals surface area contributed by atoms with Gasteiger partial charge >= 0.3 is 0 Å². The van der Waals surface area contributed by atoms with Gasteiger partial charge in [-0.1, -0.05) is 38.6 Å². The van der Waals surface area contributed by atoms with Crippen molar-refractivity contribution in [2.45, 2.75) is 37.3 Å². The van der Waals surface area contributed by atoms with Gasteiger partial charge in [0.25, 0.3) is 0 Å². The van der Waals surface area contributed by atoms with Crippen LogP contribution in [0.2, 0.25) is 0 Å². The van der Waals surface area contributed by atoms with Gasteiger partial charge in [0, 0.05) is 15.8 Å². The summed E-state index contributed by atoms with van der Waals surface area (Å²) in [6.45, 7) is 7.81. The first kappa shape index (κ1) is 14.8. The summed E-state index contributed by atoms with van der Waals surface area (Å²) in [7, 11) is 0. The molecule has 1 N–H and O–H groups in total. The van der Waals surface area contributed by atoms with Gasteiger partial charge in [0.2, 0.25) is 0 Å². The molecule has 0 spiro atoms. The summed E-state index contributed by atoms with van der Waals surface area (Å²) in [6, 6.07) is 8.48. The van der Waals surface area contributed by atoms with Gasteiger partial charge in [0.15, 0.2) is 5.17 Å². The number of rotatable bonds is 3. The summed E-state index contributed by atoms with van der Waals surface area (Å²) in [4.78, 5) is 5.89. The molecule has 1 heterocycles. The summed E-state index contributed by atoms with van der Waals surface area (Å²) in [5.41, 5.74) is 1.51. The van der Waals surface area contributed by atoms with Gasteiger partial charge < -0.3 is 5.32 Å². The molecule has 1 atom stereocenters. The van der Waals surface area contributed by atoms with Crippen molar-refractivity contribution in [1.82, 2.24) is 0 Å². The van der Waals surface area contributed by atoms with E-state index in [4.69, 9.17) is 0 Å². The highest BCUT2D eigenvalue weighted by Crippen LogP contribution is 2.32. The maximum Gasteiger partial charge on any atom is 0.161 e. The molecule has 1 unspecified atom stereocenters. The lowest BCUT2D eigenvalue weighted by Crippen LogP contribution is -2.16. The van der Waals surface area contributed by atoms with E-state index in [1.54, 1.807) is 11.8 Å². The number of thioether (sulfide) groups is 2. The second kappa shape index (κ2) is 6.23. The minimum absolute atomic E-state index is 0.376. The molecule has 0 aliphatic carbocycles. The average Bonchev–Trinajstić information content (AvgIpc) is 2.74. The third-order valence-electron chi connectivity index (χ3n) is 2.88. The van der Waals surface area contributed by atoms with E-state index in [1.807, 2.05) is 11.8 Å². The molecule has 104 valence electrons. The van der Waals surface area contributed by atoms with Gasteiger partial charge in [-0.3, -0.25) is 4.99 Å². The van der Waals surface area contributed by atoms with Gasteiger partial charge in [-0.2, -0.15) is 0 Å². The normalized spacial score (nSPS) is 19.4. The molecule has 0 saturated heterocycles. The molecule has 19 heavy (non-hydrogen) atoms. The number of aliphatic imine (C=N–C) groups is 1. The van der Waals surface area contributed by atoms with Crippen LogP contribution in [0.15, 0.2) is 34.2 Å². The van der Waals surface area contributed by atoms with E-state index in [1.165, 1.54) is 11.3 Å². The Morgan fingerprint density at radius 2 is 2.21 bits per heavy atom. The summed E-state index contributed by atoms with van der Waals surface area (Å²) in [6.07, 6.45) is 3.30. The first-order valence-electron chi connectivity index (χ1n) is 6.58. The van der Waals surface area contributed by atoms with Crippen LogP contribution in [-0.4, -0.2) is 23.2 Å². The summed E-state index contributed by atoms with van der Waals surface area (Å²) < 4.78 is 0. The fraction of sp³-hybridized carbons (Fsp3) is 0.533. The number of nitrogens with one attached hydrogen (secondary N) is 1. The molecule has 1 aliphatic rings. The molecule has 0 amide bonds. The van der Waals surface area contributed by atoms with Crippen LogP contribution in [0.4, 0.5) is 5.69 Å². The largest absolute Gasteiger partial charge is 0.335 e. The first-order valence-corrected chi connectivity index (χ1v) is 8.69. The number of nitrogens with zero attached hydrogens (tertiary/aromatic N) is 1. The smallest absolute Gasteiger partial charge is 0.161 e. The zero-order valence-electron chi connectivity index (χ0n) is 12.1. The summed E-state index contributed by atoms with van der Waals surface area (Å²) in [5, 5.41) is 5.11. The van der Waals surface area contributed by atoms with Crippen molar-refractivity contribution in [2.24, 2.45) is 10.4 Å². The lowest BCUT2D eigenvalue weighted by atomic mass is 9.90. The molecule has 0 aromatic heterocycles. The molecule has 1 aromatic carbocycles. The monoisotopic (exact) mass is 294 g/mol. The van der Waals surface area contributed by atoms with Crippen LogP contribution in [0, 0.1) is 5.41 Å². The van der Waals surface area contributed by atoms with Gasteiger partial charge in [0.05, 0.1) is 6.54 Å². The summed E-state index contributed by atoms with van der Waals surface area (Å²) >= 11 is 3.64. The van der Waals surface area contributed by atoms with E-state index in [0.717, 1.165) is 17.4 Å². The average molecular weight is 294 g/mol. The van der Waals surface area contributed by atoms with Crippen LogP contribution in [0.3, 0.4) is 0 Å². The predicted molar refractivity (Wildman–Crippen MR) is 89.6 cm³/mol. The van der Waals surface area contributed by atoms with Crippen molar-refractivity contribution in [3.05, 3.63) is 24.3 Å². The molecule has 2 nitrogen and oxygen atoms in total. The zero-order chi connectivity index (χ0) is 13.9. The first-order chi connectivity index (χ1) is 8.96. The molecule has 1 aromatic rings. The van der Waals surface area contributed by atoms with Crippen LogP contribution in [-0.2, 0) is 0 Å². The quantitative estimate of drug-likeness (QED) is 0.816. The number of hydrogen-bond acceptors (Lipinski definition) is 4.